The zero-order chi connectivity index (χ0) is 13.1. The normalized spacial score (nSPS) is 12.9. The lowest BCUT2D eigenvalue weighted by Crippen LogP contribution is -2.11. The molecule has 6 heteroatoms. The van der Waals surface area contributed by atoms with Gasteiger partial charge in [0.15, 0.2) is 0 Å². The minimum Gasteiger partial charge on any atom is -0.395 e. The van der Waals surface area contributed by atoms with E-state index in [4.69, 9.17) is 5.11 Å². The average molecular weight is 257 g/mol. The molecule has 0 aliphatic carbocycles. The Morgan fingerprint density at radius 3 is 3.16 bits per heavy atom. The number of hydrogen-bond acceptors (Lipinski definition) is 6. The summed E-state index contributed by atoms with van der Waals surface area (Å²) in [5.74, 6) is 1.64. The van der Waals surface area contributed by atoms with Gasteiger partial charge in [-0.05, 0) is 18.6 Å². The number of aliphatic hydroxyl groups is 1. The number of aliphatic hydroxyl groups excluding tert-OH is 1. The molecule has 2 aromatic heterocycles. The van der Waals surface area contributed by atoms with Crippen LogP contribution in [-0.2, 0) is 6.42 Å². The lowest BCUT2D eigenvalue weighted by molar-refractivity contribution is 0.311. The Kier molecular flexibility index (Phi) is 3.24. The first-order chi connectivity index (χ1) is 9.40. The van der Waals surface area contributed by atoms with Gasteiger partial charge in [0.05, 0.1) is 12.3 Å². The van der Waals surface area contributed by atoms with Crippen LogP contribution >= 0.6 is 0 Å². The standard InChI is InChI=1S/C13H15N5O/c19-7-6-16-13-10-3-5-15-12-9(2-1-4-14-12)11(10)17-8-18-13/h1-2,4,8,19H,3,5-7H2,(H,14,15)(H,16,17,18). The molecule has 2 aromatic rings. The van der Waals surface area contributed by atoms with Crippen molar-refractivity contribution in [1.29, 1.82) is 0 Å². The van der Waals surface area contributed by atoms with Crippen LogP contribution in [0.2, 0.25) is 0 Å². The van der Waals surface area contributed by atoms with Crippen LogP contribution in [0, 0.1) is 0 Å². The second-order valence-corrected chi connectivity index (χ2v) is 4.28. The van der Waals surface area contributed by atoms with Crippen LogP contribution in [0.3, 0.4) is 0 Å². The molecular weight excluding hydrogens is 242 g/mol. The zero-order valence-electron chi connectivity index (χ0n) is 10.4. The van der Waals surface area contributed by atoms with Gasteiger partial charge in [0.2, 0.25) is 0 Å². The molecule has 6 nitrogen and oxygen atoms in total. The fourth-order valence-electron chi connectivity index (χ4n) is 2.25. The Morgan fingerprint density at radius 2 is 2.26 bits per heavy atom. The Morgan fingerprint density at radius 1 is 1.32 bits per heavy atom. The average Bonchev–Trinajstić information content (AvgIpc) is 2.65. The summed E-state index contributed by atoms with van der Waals surface area (Å²) >= 11 is 0. The van der Waals surface area contributed by atoms with E-state index >= 15 is 0 Å². The molecular formula is C13H15N5O. The molecule has 0 atom stereocenters. The number of rotatable bonds is 3. The molecule has 19 heavy (non-hydrogen) atoms. The molecule has 98 valence electrons. The molecule has 0 bridgehead atoms. The van der Waals surface area contributed by atoms with Crippen molar-refractivity contribution < 1.29 is 5.11 Å². The molecule has 1 aliphatic rings. The van der Waals surface area contributed by atoms with Crippen LogP contribution in [-0.4, -0.2) is 39.8 Å². The van der Waals surface area contributed by atoms with Gasteiger partial charge in [-0.1, -0.05) is 0 Å². The van der Waals surface area contributed by atoms with E-state index in [9.17, 15) is 0 Å². The van der Waals surface area contributed by atoms with E-state index in [2.05, 4.69) is 25.6 Å². The fraction of sp³-hybridized carbons (Fsp3) is 0.308. The lowest BCUT2D eigenvalue weighted by atomic mass is 10.1. The quantitative estimate of drug-likeness (QED) is 0.758. The molecule has 0 spiro atoms. The van der Waals surface area contributed by atoms with Gasteiger partial charge in [-0.2, -0.15) is 0 Å². The molecule has 3 N–H and O–H groups in total. The van der Waals surface area contributed by atoms with Gasteiger partial charge in [0.25, 0.3) is 0 Å². The number of fused-ring (bicyclic) bond motifs is 3. The van der Waals surface area contributed by atoms with Crippen LogP contribution in [0.4, 0.5) is 11.6 Å². The van der Waals surface area contributed by atoms with Crippen LogP contribution < -0.4 is 10.6 Å². The van der Waals surface area contributed by atoms with Crippen molar-refractivity contribution in [3.05, 3.63) is 30.2 Å². The van der Waals surface area contributed by atoms with Crippen LogP contribution in [0.1, 0.15) is 5.56 Å². The Hall–Kier alpha value is -2.21. The molecule has 0 saturated heterocycles. The smallest absolute Gasteiger partial charge is 0.135 e. The van der Waals surface area contributed by atoms with Crippen molar-refractivity contribution in [2.24, 2.45) is 0 Å². The van der Waals surface area contributed by atoms with E-state index in [0.717, 1.165) is 41.4 Å². The summed E-state index contributed by atoms with van der Waals surface area (Å²) in [6, 6.07) is 3.90. The minimum absolute atomic E-state index is 0.0785. The highest BCUT2D eigenvalue weighted by Crippen LogP contribution is 2.32. The maximum Gasteiger partial charge on any atom is 0.135 e. The number of hydrogen-bond donors (Lipinski definition) is 3. The van der Waals surface area contributed by atoms with Crippen molar-refractivity contribution in [2.45, 2.75) is 6.42 Å². The monoisotopic (exact) mass is 257 g/mol. The Balaban J connectivity index is 2.09. The third-order valence-corrected chi connectivity index (χ3v) is 3.08. The van der Waals surface area contributed by atoms with Crippen molar-refractivity contribution in [2.75, 3.05) is 30.3 Å². The number of aromatic nitrogens is 3. The van der Waals surface area contributed by atoms with E-state index in [1.54, 1.807) is 12.5 Å². The summed E-state index contributed by atoms with van der Waals surface area (Å²) in [6.45, 7) is 1.35. The maximum absolute atomic E-state index is 8.92. The number of anilines is 2. The summed E-state index contributed by atoms with van der Waals surface area (Å²) in [6.07, 6.45) is 4.13. The van der Waals surface area contributed by atoms with E-state index in [-0.39, 0.29) is 6.61 Å². The van der Waals surface area contributed by atoms with Crippen molar-refractivity contribution in [3.63, 3.8) is 0 Å². The molecule has 0 radical (unpaired) electrons. The van der Waals surface area contributed by atoms with Crippen molar-refractivity contribution in [1.82, 2.24) is 15.0 Å². The number of nitrogens with one attached hydrogen (secondary N) is 2. The largest absolute Gasteiger partial charge is 0.395 e. The predicted molar refractivity (Wildman–Crippen MR) is 73.0 cm³/mol. The SMILES string of the molecule is OCCNc1ncnc2c1CCNc1ncccc1-2. The molecule has 0 saturated carbocycles. The molecule has 3 rings (SSSR count). The summed E-state index contributed by atoms with van der Waals surface area (Å²) in [5, 5.41) is 15.3. The van der Waals surface area contributed by atoms with Crippen LogP contribution in [0.25, 0.3) is 11.3 Å². The minimum atomic E-state index is 0.0785. The summed E-state index contributed by atoms with van der Waals surface area (Å²) in [4.78, 5) is 13.0. The van der Waals surface area contributed by atoms with E-state index in [0.29, 0.717) is 6.54 Å². The van der Waals surface area contributed by atoms with Gasteiger partial charge >= 0.3 is 0 Å². The summed E-state index contributed by atoms with van der Waals surface area (Å²) < 4.78 is 0. The number of pyridine rings is 1. The van der Waals surface area contributed by atoms with Gasteiger partial charge < -0.3 is 15.7 Å². The summed E-state index contributed by atoms with van der Waals surface area (Å²) in [5.41, 5.74) is 2.96. The van der Waals surface area contributed by atoms with Gasteiger partial charge in [0, 0.05) is 30.4 Å². The highest BCUT2D eigenvalue weighted by Gasteiger charge is 2.19. The highest BCUT2D eigenvalue weighted by atomic mass is 16.3. The van der Waals surface area contributed by atoms with Gasteiger partial charge in [0.1, 0.15) is 18.0 Å². The maximum atomic E-state index is 8.92. The fourth-order valence-corrected chi connectivity index (χ4v) is 2.25. The lowest BCUT2D eigenvalue weighted by Gasteiger charge is -2.11. The Bertz CT molecular complexity index is 587. The molecule has 1 aliphatic heterocycles. The van der Waals surface area contributed by atoms with E-state index in [1.165, 1.54) is 0 Å². The molecule has 0 unspecified atom stereocenters. The predicted octanol–water partition coefficient (Wildman–Crippen LogP) is 0.911. The Labute approximate surface area is 110 Å². The third-order valence-electron chi connectivity index (χ3n) is 3.08. The first-order valence-corrected chi connectivity index (χ1v) is 6.28. The third kappa shape index (κ3) is 2.22. The van der Waals surface area contributed by atoms with Crippen LogP contribution in [0.5, 0.6) is 0 Å². The van der Waals surface area contributed by atoms with Crippen molar-refractivity contribution in [3.8, 4) is 11.3 Å². The highest BCUT2D eigenvalue weighted by molar-refractivity contribution is 5.78. The second-order valence-electron chi connectivity index (χ2n) is 4.28. The van der Waals surface area contributed by atoms with Gasteiger partial charge in [-0.25, -0.2) is 15.0 Å². The first-order valence-electron chi connectivity index (χ1n) is 6.28. The van der Waals surface area contributed by atoms with E-state index < -0.39 is 0 Å². The van der Waals surface area contributed by atoms with E-state index in [1.807, 2.05) is 12.1 Å². The molecule has 0 fully saturated rings. The van der Waals surface area contributed by atoms with Gasteiger partial charge in [-0.15, -0.1) is 0 Å². The summed E-state index contributed by atoms with van der Waals surface area (Å²) in [7, 11) is 0. The number of nitrogens with zero attached hydrogens (tertiary/aromatic N) is 3. The first kappa shape index (κ1) is 11.9. The second kappa shape index (κ2) is 5.19. The van der Waals surface area contributed by atoms with Crippen molar-refractivity contribution >= 4 is 11.6 Å². The molecule has 0 amide bonds. The topological polar surface area (TPSA) is 83.0 Å². The molecule has 0 aromatic carbocycles. The zero-order valence-corrected chi connectivity index (χ0v) is 10.4. The molecule has 3 heterocycles. The van der Waals surface area contributed by atoms with Gasteiger partial charge in [-0.3, -0.25) is 0 Å². The van der Waals surface area contributed by atoms with Crippen LogP contribution in [0.15, 0.2) is 24.7 Å².